The molecule has 1 rings (SSSR count). The van der Waals surface area contributed by atoms with Crippen LogP contribution in [0.25, 0.3) is 0 Å². The van der Waals surface area contributed by atoms with E-state index in [1.807, 2.05) is 0 Å². The fraction of sp³-hybridized carbons (Fsp3) is 1.00. The van der Waals surface area contributed by atoms with Crippen molar-refractivity contribution in [3.05, 3.63) is 0 Å². The van der Waals surface area contributed by atoms with Gasteiger partial charge in [0.1, 0.15) is 0 Å². The van der Waals surface area contributed by atoms with Crippen molar-refractivity contribution in [3.8, 4) is 0 Å². The molecule has 0 spiro atoms. The molecule has 0 aliphatic carbocycles. The first kappa shape index (κ1) is 15.0. The lowest BCUT2D eigenvalue weighted by Crippen LogP contribution is -2.53. The molecule has 2 unspecified atom stereocenters. The number of hydrogen-bond acceptors (Lipinski definition) is 5. The molecule has 5 nitrogen and oxygen atoms in total. The van der Waals surface area contributed by atoms with Crippen molar-refractivity contribution in [1.82, 2.24) is 5.32 Å². The van der Waals surface area contributed by atoms with Crippen molar-refractivity contribution in [2.45, 2.75) is 31.8 Å². The molecule has 0 aromatic rings. The summed E-state index contributed by atoms with van der Waals surface area (Å²) in [5.41, 5.74) is 5.72. The van der Waals surface area contributed by atoms with E-state index in [4.69, 9.17) is 19.0 Å². The molecular weight excluding hydrogens is 212 g/mol. The highest BCUT2D eigenvalue weighted by Gasteiger charge is 2.21. The Bertz CT molecular complexity index is 135. The standard InChI is InChI=1S/C6H14N2.C3H10O3Si/c1-2-5(7)6-3-4-8-6;1-4-7(5-2)6-3/h5-6,8H,2-4,7H2,1H3;7H,1-3H3. The SMILES string of the molecule is CCC(N)C1CCN1.CO[SiH](OC)OC. The largest absolute Gasteiger partial charge is 0.483 e. The molecule has 6 heteroatoms. The van der Waals surface area contributed by atoms with Crippen LogP contribution in [0, 0.1) is 0 Å². The second-order valence-electron chi connectivity index (χ2n) is 3.42. The van der Waals surface area contributed by atoms with Gasteiger partial charge in [-0.3, -0.25) is 0 Å². The van der Waals surface area contributed by atoms with E-state index >= 15 is 0 Å². The molecule has 2 atom stereocenters. The maximum absolute atomic E-state index is 5.72. The third-order valence-electron chi connectivity index (χ3n) is 2.43. The fourth-order valence-corrected chi connectivity index (χ4v) is 1.83. The average molecular weight is 236 g/mol. The Balaban J connectivity index is 0.000000265. The van der Waals surface area contributed by atoms with Crippen molar-refractivity contribution >= 4 is 9.53 Å². The van der Waals surface area contributed by atoms with E-state index in [1.54, 1.807) is 21.3 Å². The minimum Gasteiger partial charge on any atom is -0.379 e. The Morgan fingerprint density at radius 1 is 1.33 bits per heavy atom. The summed E-state index contributed by atoms with van der Waals surface area (Å²) in [6.07, 6.45) is 2.37. The van der Waals surface area contributed by atoms with Crippen LogP contribution in [0.5, 0.6) is 0 Å². The van der Waals surface area contributed by atoms with Crippen LogP contribution in [0.15, 0.2) is 0 Å². The van der Waals surface area contributed by atoms with Crippen molar-refractivity contribution in [2.75, 3.05) is 27.9 Å². The summed E-state index contributed by atoms with van der Waals surface area (Å²) in [6.45, 7) is 3.29. The van der Waals surface area contributed by atoms with E-state index < -0.39 is 9.53 Å². The van der Waals surface area contributed by atoms with Crippen LogP contribution in [-0.4, -0.2) is 49.5 Å². The second kappa shape index (κ2) is 9.26. The van der Waals surface area contributed by atoms with Gasteiger partial charge in [-0.25, -0.2) is 0 Å². The van der Waals surface area contributed by atoms with Gasteiger partial charge in [0, 0.05) is 33.4 Å². The summed E-state index contributed by atoms with van der Waals surface area (Å²) in [5, 5.41) is 3.27. The van der Waals surface area contributed by atoms with E-state index in [0.717, 1.165) is 6.42 Å². The quantitative estimate of drug-likeness (QED) is 0.643. The zero-order chi connectivity index (χ0) is 11.7. The highest BCUT2D eigenvalue weighted by atomic mass is 28.3. The maximum atomic E-state index is 5.72. The van der Waals surface area contributed by atoms with Crippen LogP contribution in [0.4, 0.5) is 0 Å². The zero-order valence-electron chi connectivity index (χ0n) is 10.2. The van der Waals surface area contributed by atoms with Gasteiger partial charge in [0.05, 0.1) is 0 Å². The van der Waals surface area contributed by atoms with Crippen LogP contribution in [0.3, 0.4) is 0 Å². The Kier molecular flexibility index (Phi) is 9.27. The highest BCUT2D eigenvalue weighted by molar-refractivity contribution is 6.36. The Morgan fingerprint density at radius 3 is 1.87 bits per heavy atom. The van der Waals surface area contributed by atoms with Gasteiger partial charge in [0.25, 0.3) is 0 Å². The molecule has 0 aromatic heterocycles. The predicted octanol–water partition coefficient (Wildman–Crippen LogP) is -0.272. The molecule has 0 aromatic carbocycles. The monoisotopic (exact) mass is 236 g/mol. The Labute approximate surface area is 94.2 Å². The summed E-state index contributed by atoms with van der Waals surface area (Å²) in [7, 11) is 3.05. The fourth-order valence-electron chi connectivity index (χ4n) is 1.25. The minimum absolute atomic E-state index is 0.392. The molecule has 1 aliphatic heterocycles. The van der Waals surface area contributed by atoms with Crippen LogP contribution < -0.4 is 11.1 Å². The molecule has 1 fully saturated rings. The summed E-state index contributed by atoms with van der Waals surface area (Å²) in [6, 6.07) is 1.02. The summed E-state index contributed by atoms with van der Waals surface area (Å²) < 4.78 is 14.2. The maximum Gasteiger partial charge on any atom is 0.483 e. The molecule has 1 saturated heterocycles. The van der Waals surface area contributed by atoms with Gasteiger partial charge in [-0.15, -0.1) is 0 Å². The molecule has 0 bridgehead atoms. The smallest absolute Gasteiger partial charge is 0.379 e. The summed E-state index contributed by atoms with van der Waals surface area (Å²) in [5.74, 6) is 0. The zero-order valence-corrected chi connectivity index (χ0v) is 11.3. The van der Waals surface area contributed by atoms with Crippen molar-refractivity contribution in [2.24, 2.45) is 5.73 Å². The number of hydrogen-bond donors (Lipinski definition) is 2. The van der Waals surface area contributed by atoms with Gasteiger partial charge in [-0.05, 0) is 19.4 Å². The number of rotatable bonds is 5. The molecule has 0 amide bonds. The van der Waals surface area contributed by atoms with Crippen LogP contribution in [0.1, 0.15) is 19.8 Å². The summed E-state index contributed by atoms with van der Waals surface area (Å²) in [4.78, 5) is 0. The first-order chi connectivity index (χ1) is 7.19. The lowest BCUT2D eigenvalue weighted by Gasteiger charge is -2.32. The third kappa shape index (κ3) is 6.24. The van der Waals surface area contributed by atoms with Gasteiger partial charge in [0.15, 0.2) is 0 Å². The van der Waals surface area contributed by atoms with Gasteiger partial charge in [-0.1, -0.05) is 6.92 Å². The summed E-state index contributed by atoms with van der Waals surface area (Å²) >= 11 is 0. The van der Waals surface area contributed by atoms with Crippen LogP contribution in [-0.2, 0) is 13.3 Å². The molecular formula is C9H24N2O3Si. The van der Waals surface area contributed by atoms with Crippen molar-refractivity contribution in [3.63, 3.8) is 0 Å². The molecule has 1 aliphatic rings. The third-order valence-corrected chi connectivity index (χ3v) is 3.58. The van der Waals surface area contributed by atoms with Gasteiger partial charge in [0.2, 0.25) is 0 Å². The molecule has 1 heterocycles. The van der Waals surface area contributed by atoms with E-state index in [2.05, 4.69) is 12.2 Å². The van der Waals surface area contributed by atoms with Gasteiger partial charge >= 0.3 is 9.53 Å². The lowest BCUT2D eigenvalue weighted by atomic mass is 9.98. The minimum atomic E-state index is -1.67. The first-order valence-electron chi connectivity index (χ1n) is 5.26. The molecule has 3 N–H and O–H groups in total. The first-order valence-corrected chi connectivity index (χ1v) is 6.68. The van der Waals surface area contributed by atoms with E-state index in [9.17, 15) is 0 Å². The van der Waals surface area contributed by atoms with Crippen LogP contribution in [0.2, 0.25) is 0 Å². The average Bonchev–Trinajstić information content (AvgIpc) is 2.19. The van der Waals surface area contributed by atoms with E-state index in [0.29, 0.717) is 12.1 Å². The molecule has 0 radical (unpaired) electrons. The van der Waals surface area contributed by atoms with Crippen molar-refractivity contribution < 1.29 is 13.3 Å². The van der Waals surface area contributed by atoms with E-state index in [-0.39, 0.29) is 0 Å². The second-order valence-corrected chi connectivity index (χ2v) is 5.41. The molecule has 15 heavy (non-hydrogen) atoms. The Morgan fingerprint density at radius 2 is 1.80 bits per heavy atom. The number of nitrogens with one attached hydrogen (secondary N) is 1. The predicted molar refractivity (Wildman–Crippen MR) is 62.9 cm³/mol. The van der Waals surface area contributed by atoms with Gasteiger partial charge in [-0.2, -0.15) is 0 Å². The lowest BCUT2D eigenvalue weighted by molar-refractivity contribution is 0.163. The normalized spacial score (nSPS) is 21.6. The topological polar surface area (TPSA) is 65.7 Å². The number of nitrogens with two attached hydrogens (primary N) is 1. The molecule has 92 valence electrons. The highest BCUT2D eigenvalue weighted by Crippen LogP contribution is 2.06. The van der Waals surface area contributed by atoms with Gasteiger partial charge < -0.3 is 24.3 Å². The molecule has 0 saturated carbocycles. The Hall–Kier alpha value is 0.0169. The van der Waals surface area contributed by atoms with Crippen molar-refractivity contribution in [1.29, 1.82) is 0 Å². The van der Waals surface area contributed by atoms with Crippen LogP contribution >= 0.6 is 0 Å². The van der Waals surface area contributed by atoms with E-state index in [1.165, 1.54) is 13.0 Å².